The zero-order chi connectivity index (χ0) is 15.5. The van der Waals surface area contributed by atoms with Gasteiger partial charge in [0.2, 0.25) is 0 Å². The van der Waals surface area contributed by atoms with Crippen LogP contribution in [-0.4, -0.2) is 4.32 Å². The summed E-state index contributed by atoms with van der Waals surface area (Å²) in [6.45, 7) is 0. The Balaban J connectivity index is 1.44. The summed E-state index contributed by atoms with van der Waals surface area (Å²) in [4.78, 5) is 0. The summed E-state index contributed by atoms with van der Waals surface area (Å²) in [6.07, 6.45) is 17.7. The number of hydrogen-bond acceptors (Lipinski definition) is 0. The summed E-state index contributed by atoms with van der Waals surface area (Å²) in [5.41, 5.74) is 2.17. The van der Waals surface area contributed by atoms with Gasteiger partial charge in [-0.1, -0.05) is 70.6 Å². The summed E-state index contributed by atoms with van der Waals surface area (Å²) >= 11 is 4.25. The highest BCUT2D eigenvalue weighted by Crippen LogP contribution is 2.74. The Bertz CT molecular complexity index is 660. The topological polar surface area (TPSA) is 0 Å². The van der Waals surface area contributed by atoms with Gasteiger partial charge in [0.05, 0.1) is 0 Å². The number of alkyl halides is 1. The van der Waals surface area contributed by atoms with Crippen LogP contribution in [0.1, 0.15) is 50.0 Å². The molecule has 3 fully saturated rings. The Labute approximate surface area is 148 Å². The average Bonchev–Trinajstić information content (AvgIpc) is 2.73. The molecule has 3 saturated carbocycles. The Morgan fingerprint density at radius 1 is 1.00 bits per heavy atom. The second-order valence-electron chi connectivity index (χ2n) is 8.54. The van der Waals surface area contributed by atoms with Gasteiger partial charge in [-0.25, -0.2) is 0 Å². The van der Waals surface area contributed by atoms with E-state index in [4.69, 9.17) is 0 Å². The van der Waals surface area contributed by atoms with E-state index >= 15 is 0 Å². The Morgan fingerprint density at radius 3 is 2.65 bits per heavy atom. The Kier molecular flexibility index (Phi) is 3.21. The van der Waals surface area contributed by atoms with Crippen molar-refractivity contribution >= 4 is 15.9 Å². The fourth-order valence-corrected chi connectivity index (χ4v) is 7.82. The Hall–Kier alpha value is -0.820. The fraction of sp³-hybridized carbons (Fsp3) is 0.545. The molecule has 2 bridgehead atoms. The number of halogens is 1. The van der Waals surface area contributed by atoms with Crippen molar-refractivity contribution < 1.29 is 0 Å². The normalized spacial score (nSPS) is 47.2. The highest BCUT2D eigenvalue weighted by atomic mass is 79.9. The van der Waals surface area contributed by atoms with Crippen LogP contribution in [0.15, 0.2) is 54.6 Å². The van der Waals surface area contributed by atoms with Crippen LogP contribution in [-0.2, 0) is 0 Å². The van der Waals surface area contributed by atoms with E-state index in [1.807, 2.05) is 0 Å². The van der Waals surface area contributed by atoms with Crippen molar-refractivity contribution in [2.24, 2.45) is 23.2 Å². The van der Waals surface area contributed by atoms with Crippen molar-refractivity contribution in [3.63, 3.8) is 0 Å². The van der Waals surface area contributed by atoms with Crippen LogP contribution in [0.3, 0.4) is 0 Å². The molecule has 0 amide bonds. The maximum Gasteiger partial charge on any atom is 0.0272 e. The standard InChI is InChI=1S/C22H25Br/c23-21-12-17(16-7-3-1-4-8-16)11-18-13-22(15-21,20(18)14-21)19-9-5-2-6-10-19/h1-9,17-20H,10-15H2. The molecule has 0 aliphatic heterocycles. The van der Waals surface area contributed by atoms with Crippen molar-refractivity contribution in [2.75, 3.05) is 0 Å². The first-order valence-electron chi connectivity index (χ1n) is 9.26. The van der Waals surface area contributed by atoms with Crippen molar-refractivity contribution in [3.05, 3.63) is 60.2 Å². The highest BCUT2D eigenvalue weighted by molar-refractivity contribution is 9.10. The van der Waals surface area contributed by atoms with Gasteiger partial charge >= 0.3 is 0 Å². The fourth-order valence-electron chi connectivity index (χ4n) is 6.56. The summed E-state index contributed by atoms with van der Waals surface area (Å²) in [7, 11) is 0. The molecule has 0 saturated heterocycles. The number of hydrogen-bond donors (Lipinski definition) is 0. The minimum atomic E-state index is 0.387. The van der Waals surface area contributed by atoms with Crippen molar-refractivity contribution in [3.8, 4) is 0 Å². The molecule has 4 aliphatic carbocycles. The molecular formula is C22H25Br. The van der Waals surface area contributed by atoms with Crippen molar-refractivity contribution in [1.29, 1.82) is 0 Å². The van der Waals surface area contributed by atoms with Gasteiger partial charge in [-0.2, -0.15) is 0 Å². The minimum Gasteiger partial charge on any atom is -0.0853 e. The van der Waals surface area contributed by atoms with E-state index in [0.717, 1.165) is 23.7 Å². The molecule has 1 aromatic rings. The predicted molar refractivity (Wildman–Crippen MR) is 99.7 cm³/mol. The number of allylic oxidation sites excluding steroid dienone is 4. The predicted octanol–water partition coefficient (Wildman–Crippen LogP) is 6.25. The third-order valence-electron chi connectivity index (χ3n) is 7.37. The second-order valence-corrected chi connectivity index (χ2v) is 10.2. The summed E-state index contributed by atoms with van der Waals surface area (Å²) in [6, 6.07) is 11.3. The van der Waals surface area contributed by atoms with Crippen molar-refractivity contribution in [2.45, 2.75) is 48.8 Å². The molecule has 0 radical (unpaired) electrons. The lowest BCUT2D eigenvalue weighted by atomic mass is 9.47. The monoisotopic (exact) mass is 368 g/mol. The molecule has 6 unspecified atom stereocenters. The molecule has 5 rings (SSSR count). The zero-order valence-corrected chi connectivity index (χ0v) is 15.2. The molecule has 0 heterocycles. The van der Waals surface area contributed by atoms with E-state index in [0.29, 0.717) is 9.74 Å². The van der Waals surface area contributed by atoms with E-state index in [1.165, 1.54) is 38.5 Å². The van der Waals surface area contributed by atoms with Crippen molar-refractivity contribution in [1.82, 2.24) is 0 Å². The molecule has 0 N–H and O–H groups in total. The molecule has 6 atom stereocenters. The summed E-state index contributed by atoms with van der Waals surface area (Å²) < 4.78 is 0.387. The molecule has 1 aromatic carbocycles. The molecule has 120 valence electrons. The number of rotatable bonds is 2. The summed E-state index contributed by atoms with van der Waals surface area (Å²) in [5.74, 6) is 3.46. The van der Waals surface area contributed by atoms with Crippen LogP contribution in [0.4, 0.5) is 0 Å². The van der Waals surface area contributed by atoms with Gasteiger partial charge < -0.3 is 0 Å². The van der Waals surface area contributed by atoms with Gasteiger partial charge in [-0.05, 0) is 73.2 Å². The molecule has 0 nitrogen and oxygen atoms in total. The van der Waals surface area contributed by atoms with Crippen LogP contribution in [0.2, 0.25) is 0 Å². The third-order valence-corrected chi connectivity index (χ3v) is 8.30. The van der Waals surface area contributed by atoms with E-state index in [2.05, 4.69) is 70.6 Å². The van der Waals surface area contributed by atoms with E-state index in [-0.39, 0.29) is 0 Å². The smallest absolute Gasteiger partial charge is 0.0272 e. The van der Waals surface area contributed by atoms with Gasteiger partial charge in [0.25, 0.3) is 0 Å². The molecule has 4 aliphatic rings. The second kappa shape index (κ2) is 5.09. The SMILES string of the molecule is BrC12CC(c3ccccc3)CC3CC(C4C=CC=CC4)(C1)C3C2. The maximum absolute atomic E-state index is 4.25. The van der Waals surface area contributed by atoms with Gasteiger partial charge in [0.15, 0.2) is 0 Å². The van der Waals surface area contributed by atoms with E-state index < -0.39 is 0 Å². The van der Waals surface area contributed by atoms with Gasteiger partial charge in [0.1, 0.15) is 0 Å². The first kappa shape index (κ1) is 14.5. The minimum absolute atomic E-state index is 0.387. The largest absolute Gasteiger partial charge is 0.0853 e. The van der Waals surface area contributed by atoms with E-state index in [9.17, 15) is 0 Å². The van der Waals surface area contributed by atoms with Gasteiger partial charge in [-0.3, -0.25) is 0 Å². The van der Waals surface area contributed by atoms with Gasteiger partial charge in [0, 0.05) is 4.32 Å². The molecule has 0 aromatic heterocycles. The van der Waals surface area contributed by atoms with E-state index in [1.54, 1.807) is 5.56 Å². The van der Waals surface area contributed by atoms with Gasteiger partial charge in [-0.15, -0.1) is 0 Å². The Morgan fingerprint density at radius 2 is 1.87 bits per heavy atom. The lowest BCUT2D eigenvalue weighted by molar-refractivity contribution is -0.0597. The number of benzene rings is 1. The lowest BCUT2D eigenvalue weighted by Crippen LogP contribution is -2.50. The van der Waals surface area contributed by atoms with Crippen LogP contribution < -0.4 is 0 Å². The molecule has 0 spiro atoms. The zero-order valence-electron chi connectivity index (χ0n) is 13.6. The molecule has 1 heteroatoms. The lowest BCUT2D eigenvalue weighted by Gasteiger charge is -2.57. The number of fused-ring (bicyclic) bond motifs is 1. The first-order chi connectivity index (χ1) is 11.2. The quantitative estimate of drug-likeness (QED) is 0.541. The van der Waals surface area contributed by atoms with Crippen LogP contribution in [0, 0.1) is 23.2 Å². The maximum atomic E-state index is 4.25. The van der Waals surface area contributed by atoms with Crippen LogP contribution in [0.5, 0.6) is 0 Å². The summed E-state index contributed by atoms with van der Waals surface area (Å²) in [5, 5.41) is 0. The van der Waals surface area contributed by atoms with Crippen LogP contribution in [0.25, 0.3) is 0 Å². The van der Waals surface area contributed by atoms with Crippen LogP contribution >= 0.6 is 15.9 Å². The highest BCUT2D eigenvalue weighted by Gasteiger charge is 2.66. The average molecular weight is 369 g/mol. The first-order valence-corrected chi connectivity index (χ1v) is 10.1. The molecule has 23 heavy (non-hydrogen) atoms. The third kappa shape index (κ3) is 2.15. The molecular weight excluding hydrogens is 344 g/mol.